The molecule has 0 atom stereocenters. The van der Waals surface area contributed by atoms with Gasteiger partial charge in [0.05, 0.1) is 9.85 Å². The monoisotopic (exact) mass is 423 g/mol. The Morgan fingerprint density at radius 3 is 1.47 bits per heavy atom. The molecule has 1 N–H and O–H groups in total. The minimum Gasteiger partial charge on any atom is -0.355 e. The zero-order valence-corrected chi connectivity index (χ0v) is 16.8. The van der Waals surface area contributed by atoms with Gasteiger partial charge >= 0.3 is 0 Å². The third kappa shape index (κ3) is 3.56. The summed E-state index contributed by atoms with van der Waals surface area (Å²) in [4.78, 5) is 21.5. The van der Waals surface area contributed by atoms with Crippen LogP contribution in [0, 0.1) is 20.2 Å². The first-order chi connectivity index (χ1) is 15.5. The number of hydrogen-bond donors (Lipinski definition) is 1. The van der Waals surface area contributed by atoms with E-state index in [0.717, 1.165) is 44.8 Å². The predicted molar refractivity (Wildman–Crippen MR) is 123 cm³/mol. The second-order valence-electron chi connectivity index (χ2n) is 7.66. The molecular formula is C25H17N3O4. The van der Waals surface area contributed by atoms with E-state index >= 15 is 0 Å². The van der Waals surface area contributed by atoms with E-state index in [1.807, 2.05) is 48.5 Å². The Hall–Kier alpha value is -4.52. The van der Waals surface area contributed by atoms with Crippen molar-refractivity contribution in [3.8, 4) is 22.3 Å². The van der Waals surface area contributed by atoms with Gasteiger partial charge in [-0.05, 0) is 57.6 Å². The number of nitro benzene ring substituents is 2. The van der Waals surface area contributed by atoms with Gasteiger partial charge in [-0.25, -0.2) is 0 Å². The van der Waals surface area contributed by atoms with Gasteiger partial charge in [-0.2, -0.15) is 0 Å². The number of benzene rings is 4. The molecule has 0 aromatic heterocycles. The highest BCUT2D eigenvalue weighted by atomic mass is 16.6. The van der Waals surface area contributed by atoms with Crippen LogP contribution in [-0.4, -0.2) is 9.85 Å². The normalized spacial score (nSPS) is 11.8. The lowest BCUT2D eigenvalue weighted by Crippen LogP contribution is -2.07. The van der Waals surface area contributed by atoms with Gasteiger partial charge in [0.25, 0.3) is 11.4 Å². The Balaban J connectivity index is 1.49. The van der Waals surface area contributed by atoms with E-state index in [1.165, 1.54) is 12.1 Å². The molecule has 5 rings (SSSR count). The first-order valence-corrected chi connectivity index (χ1v) is 10.0. The quantitative estimate of drug-likeness (QED) is 0.263. The van der Waals surface area contributed by atoms with E-state index < -0.39 is 9.85 Å². The number of rotatable bonds is 4. The molecule has 4 aromatic carbocycles. The molecule has 1 heterocycles. The fourth-order valence-electron chi connectivity index (χ4n) is 4.03. The van der Waals surface area contributed by atoms with E-state index in [0.29, 0.717) is 6.42 Å². The summed E-state index contributed by atoms with van der Waals surface area (Å²) in [6.45, 7) is 0. The summed E-state index contributed by atoms with van der Waals surface area (Å²) in [5.41, 5.74) is 7.67. The topological polar surface area (TPSA) is 98.3 Å². The second kappa shape index (κ2) is 7.63. The number of hydrogen-bond acceptors (Lipinski definition) is 5. The van der Waals surface area contributed by atoms with Gasteiger partial charge in [-0.15, -0.1) is 0 Å². The van der Waals surface area contributed by atoms with Crippen LogP contribution >= 0.6 is 0 Å². The largest absolute Gasteiger partial charge is 0.355 e. The summed E-state index contributed by atoms with van der Waals surface area (Å²) in [7, 11) is 0. The molecule has 0 unspecified atom stereocenters. The van der Waals surface area contributed by atoms with E-state index in [9.17, 15) is 20.2 Å². The minimum absolute atomic E-state index is 0.0605. The predicted octanol–water partition coefficient (Wildman–Crippen LogP) is 6.48. The lowest BCUT2D eigenvalue weighted by Gasteiger charge is -2.23. The van der Waals surface area contributed by atoms with Crippen LogP contribution in [0.25, 0.3) is 22.3 Å². The lowest BCUT2D eigenvalue weighted by molar-refractivity contribution is -0.385. The molecule has 156 valence electrons. The summed E-state index contributed by atoms with van der Waals surface area (Å²) in [5.74, 6) is 0. The standard InChI is InChI=1S/C25H17N3O4/c29-27(30)22-5-1-3-16(14-22)18-7-9-24-20(11-18)13-21-12-19(8-10-25(21)26-24)17-4-2-6-23(15-17)28(31)32/h1-12,14-15,26H,13H2. The van der Waals surface area contributed by atoms with E-state index in [1.54, 1.807) is 24.3 Å². The van der Waals surface area contributed by atoms with Gasteiger partial charge in [-0.3, -0.25) is 20.2 Å². The molecular weight excluding hydrogens is 406 g/mol. The van der Waals surface area contributed by atoms with Crippen LogP contribution in [0.3, 0.4) is 0 Å². The van der Waals surface area contributed by atoms with Gasteiger partial charge in [0.1, 0.15) is 0 Å². The van der Waals surface area contributed by atoms with Gasteiger partial charge < -0.3 is 5.32 Å². The van der Waals surface area contributed by atoms with E-state index in [4.69, 9.17) is 0 Å². The molecule has 1 aliphatic heterocycles. The van der Waals surface area contributed by atoms with Crippen molar-refractivity contribution in [3.63, 3.8) is 0 Å². The number of nitrogens with one attached hydrogen (secondary N) is 1. The van der Waals surface area contributed by atoms with Gasteiger partial charge in [0.2, 0.25) is 0 Å². The summed E-state index contributed by atoms with van der Waals surface area (Å²) in [6, 6.07) is 25.2. The van der Waals surface area contributed by atoms with Crippen molar-refractivity contribution in [3.05, 3.63) is 116 Å². The molecule has 0 amide bonds. The molecule has 7 nitrogen and oxygen atoms in total. The van der Waals surface area contributed by atoms with Crippen molar-refractivity contribution in [2.24, 2.45) is 0 Å². The molecule has 4 aromatic rings. The minimum atomic E-state index is -0.394. The average Bonchev–Trinajstić information content (AvgIpc) is 2.82. The maximum Gasteiger partial charge on any atom is 0.270 e. The molecule has 0 spiro atoms. The van der Waals surface area contributed by atoms with Crippen molar-refractivity contribution in [2.75, 3.05) is 5.32 Å². The fraction of sp³-hybridized carbons (Fsp3) is 0.0400. The van der Waals surface area contributed by atoms with Crippen molar-refractivity contribution in [1.29, 1.82) is 0 Å². The molecule has 7 heteroatoms. The third-order valence-electron chi connectivity index (χ3n) is 5.64. The Morgan fingerprint density at radius 2 is 1.03 bits per heavy atom. The summed E-state index contributed by atoms with van der Waals surface area (Å²) >= 11 is 0. The smallest absolute Gasteiger partial charge is 0.270 e. The summed E-state index contributed by atoms with van der Waals surface area (Å²) in [6.07, 6.45) is 0.684. The average molecular weight is 423 g/mol. The van der Waals surface area contributed by atoms with Gasteiger partial charge in [0.15, 0.2) is 0 Å². The number of nitro groups is 2. The molecule has 0 saturated carbocycles. The molecule has 0 radical (unpaired) electrons. The number of nitrogens with zero attached hydrogens (tertiary/aromatic N) is 2. The van der Waals surface area contributed by atoms with Crippen LogP contribution in [0.5, 0.6) is 0 Å². The molecule has 32 heavy (non-hydrogen) atoms. The van der Waals surface area contributed by atoms with E-state index in [2.05, 4.69) is 5.32 Å². The van der Waals surface area contributed by atoms with Gasteiger partial charge in [0, 0.05) is 42.1 Å². The van der Waals surface area contributed by atoms with Crippen molar-refractivity contribution in [1.82, 2.24) is 0 Å². The van der Waals surface area contributed by atoms with Crippen LogP contribution in [0.2, 0.25) is 0 Å². The first-order valence-electron chi connectivity index (χ1n) is 10.0. The number of non-ortho nitro benzene ring substituents is 2. The second-order valence-corrected chi connectivity index (χ2v) is 7.66. The lowest BCUT2D eigenvalue weighted by atomic mass is 9.91. The highest BCUT2D eigenvalue weighted by Gasteiger charge is 2.17. The Morgan fingerprint density at radius 1 is 0.594 bits per heavy atom. The van der Waals surface area contributed by atoms with Crippen molar-refractivity contribution < 1.29 is 9.85 Å². The molecule has 0 aliphatic carbocycles. The Labute approximate surface area is 183 Å². The highest BCUT2D eigenvalue weighted by Crippen LogP contribution is 2.38. The van der Waals surface area contributed by atoms with Crippen LogP contribution in [0.4, 0.5) is 22.7 Å². The zero-order valence-electron chi connectivity index (χ0n) is 16.8. The van der Waals surface area contributed by atoms with Crippen molar-refractivity contribution >= 4 is 22.7 Å². The fourth-order valence-corrected chi connectivity index (χ4v) is 4.03. The van der Waals surface area contributed by atoms with Crippen LogP contribution < -0.4 is 5.32 Å². The van der Waals surface area contributed by atoms with Crippen molar-refractivity contribution in [2.45, 2.75) is 6.42 Å². The molecule has 0 saturated heterocycles. The maximum absolute atomic E-state index is 11.1. The first kappa shape index (κ1) is 19.4. The Bertz CT molecular complexity index is 1290. The molecule has 1 aliphatic rings. The zero-order chi connectivity index (χ0) is 22.2. The molecule has 0 fully saturated rings. The summed E-state index contributed by atoms with van der Waals surface area (Å²) in [5, 5.41) is 25.7. The Kier molecular flexibility index (Phi) is 4.63. The highest BCUT2D eigenvalue weighted by molar-refractivity contribution is 5.79. The maximum atomic E-state index is 11.1. The third-order valence-corrected chi connectivity index (χ3v) is 5.64. The van der Waals surface area contributed by atoms with E-state index in [-0.39, 0.29) is 11.4 Å². The molecule has 0 bridgehead atoms. The number of anilines is 2. The summed E-state index contributed by atoms with van der Waals surface area (Å²) < 4.78 is 0. The van der Waals surface area contributed by atoms with Crippen LogP contribution in [-0.2, 0) is 6.42 Å². The van der Waals surface area contributed by atoms with Crippen LogP contribution in [0.15, 0.2) is 84.9 Å². The van der Waals surface area contributed by atoms with Crippen LogP contribution in [0.1, 0.15) is 11.1 Å². The SMILES string of the molecule is O=[N+]([O-])c1cccc(-c2ccc3c(c2)Cc2cc(-c4cccc([N+](=O)[O-])c4)ccc2N3)c1. The van der Waals surface area contributed by atoms with Gasteiger partial charge in [-0.1, -0.05) is 36.4 Å². The number of fused-ring (bicyclic) bond motifs is 2.